The van der Waals surface area contributed by atoms with Gasteiger partial charge in [-0.25, -0.2) is 0 Å². The Morgan fingerprint density at radius 2 is 1.80 bits per heavy atom. The third-order valence-electron chi connectivity index (χ3n) is 5.10. The molecule has 3 atom stereocenters. The molecule has 0 aliphatic heterocycles. The highest BCUT2D eigenvalue weighted by Gasteiger charge is 2.34. The smallest absolute Gasteiger partial charge is 0.118 e. The van der Waals surface area contributed by atoms with Crippen molar-refractivity contribution in [3.63, 3.8) is 0 Å². The summed E-state index contributed by atoms with van der Waals surface area (Å²) in [5.74, 6) is 3.01. The van der Waals surface area contributed by atoms with E-state index >= 15 is 0 Å². The Labute approximate surface area is 122 Å². The molecule has 20 heavy (non-hydrogen) atoms. The molecule has 0 aromatic heterocycles. The highest BCUT2D eigenvalue weighted by molar-refractivity contribution is 5.28. The monoisotopic (exact) mass is 273 g/mol. The van der Waals surface area contributed by atoms with Crippen LogP contribution in [0.5, 0.6) is 5.75 Å². The normalized spacial score (nSPS) is 28.1. The summed E-state index contributed by atoms with van der Waals surface area (Å²) in [5.41, 5.74) is 1.36. The lowest BCUT2D eigenvalue weighted by Crippen LogP contribution is -2.36. The quantitative estimate of drug-likeness (QED) is 0.863. The van der Waals surface area contributed by atoms with Gasteiger partial charge in [-0.2, -0.15) is 0 Å². The van der Waals surface area contributed by atoms with Crippen molar-refractivity contribution in [1.82, 2.24) is 5.32 Å². The molecule has 1 aromatic rings. The van der Waals surface area contributed by atoms with Gasteiger partial charge in [0.2, 0.25) is 0 Å². The van der Waals surface area contributed by atoms with Crippen molar-refractivity contribution >= 4 is 0 Å². The lowest BCUT2D eigenvalue weighted by molar-refractivity contribution is 0.249. The number of hydrogen-bond donors (Lipinski definition) is 1. The summed E-state index contributed by atoms with van der Waals surface area (Å²) in [6.45, 7) is 2.28. The molecule has 2 aliphatic rings. The number of methoxy groups -OCH3 is 1. The van der Waals surface area contributed by atoms with Crippen LogP contribution < -0.4 is 10.1 Å². The minimum Gasteiger partial charge on any atom is -0.497 e. The first-order valence-electron chi connectivity index (χ1n) is 8.16. The van der Waals surface area contributed by atoms with E-state index in [1.165, 1.54) is 44.1 Å². The summed E-state index contributed by atoms with van der Waals surface area (Å²) in [6.07, 6.45) is 8.61. The van der Waals surface area contributed by atoms with Crippen LogP contribution in [0.1, 0.15) is 57.1 Å². The predicted molar refractivity (Wildman–Crippen MR) is 83.0 cm³/mol. The van der Waals surface area contributed by atoms with Gasteiger partial charge in [0.15, 0.2) is 0 Å². The molecule has 0 amide bonds. The zero-order valence-electron chi connectivity index (χ0n) is 12.8. The highest BCUT2D eigenvalue weighted by atomic mass is 16.5. The first-order valence-corrected chi connectivity index (χ1v) is 8.16. The maximum atomic E-state index is 5.23. The molecular weight excluding hydrogens is 246 g/mol. The maximum Gasteiger partial charge on any atom is 0.118 e. The van der Waals surface area contributed by atoms with Crippen LogP contribution in [0.4, 0.5) is 0 Å². The van der Waals surface area contributed by atoms with Gasteiger partial charge in [-0.3, -0.25) is 0 Å². The Bertz CT molecular complexity index is 424. The van der Waals surface area contributed by atoms with Crippen LogP contribution in [0.15, 0.2) is 24.3 Å². The molecule has 0 spiro atoms. The lowest BCUT2D eigenvalue weighted by Gasteiger charge is -2.32. The Balaban J connectivity index is 1.55. The highest BCUT2D eigenvalue weighted by Crippen LogP contribution is 2.44. The summed E-state index contributed by atoms with van der Waals surface area (Å²) < 4.78 is 5.23. The average molecular weight is 273 g/mol. The van der Waals surface area contributed by atoms with Gasteiger partial charge >= 0.3 is 0 Å². The molecule has 1 N–H and O–H groups in total. The summed E-state index contributed by atoms with van der Waals surface area (Å²) in [7, 11) is 1.72. The van der Waals surface area contributed by atoms with Crippen LogP contribution >= 0.6 is 0 Å². The third-order valence-corrected chi connectivity index (χ3v) is 5.10. The molecule has 2 nitrogen and oxygen atoms in total. The molecule has 0 bridgehead atoms. The standard InChI is InChI=1S/C18H27NO/c1-13(14-8-10-18(20-2)11-9-14)19-17-5-3-4-16(12-17)15-6-7-15/h8-11,13,15-17,19H,3-7,12H2,1-2H3/t13-,16?,17?/m0/s1. The van der Waals surface area contributed by atoms with E-state index in [-0.39, 0.29) is 0 Å². The van der Waals surface area contributed by atoms with Crippen molar-refractivity contribution in [1.29, 1.82) is 0 Å². The van der Waals surface area contributed by atoms with Gasteiger partial charge in [0, 0.05) is 12.1 Å². The van der Waals surface area contributed by atoms with Crippen molar-refractivity contribution in [2.75, 3.05) is 7.11 Å². The lowest BCUT2D eigenvalue weighted by atomic mass is 9.82. The van der Waals surface area contributed by atoms with E-state index in [1.54, 1.807) is 7.11 Å². The van der Waals surface area contributed by atoms with E-state index in [0.717, 1.165) is 17.6 Å². The molecule has 0 radical (unpaired) electrons. The van der Waals surface area contributed by atoms with Crippen LogP contribution in [0.2, 0.25) is 0 Å². The van der Waals surface area contributed by atoms with E-state index in [4.69, 9.17) is 4.74 Å². The van der Waals surface area contributed by atoms with Crippen LogP contribution in [0, 0.1) is 11.8 Å². The first-order chi connectivity index (χ1) is 9.76. The number of nitrogens with one attached hydrogen (secondary N) is 1. The van der Waals surface area contributed by atoms with Crippen molar-refractivity contribution in [3.05, 3.63) is 29.8 Å². The summed E-state index contributed by atoms with van der Waals surface area (Å²) in [4.78, 5) is 0. The number of benzene rings is 1. The molecule has 1 aromatic carbocycles. The molecule has 0 heterocycles. The maximum absolute atomic E-state index is 5.23. The topological polar surface area (TPSA) is 21.3 Å². The van der Waals surface area contributed by atoms with Gasteiger partial charge in [-0.1, -0.05) is 25.0 Å². The van der Waals surface area contributed by atoms with Gasteiger partial charge in [-0.05, 0) is 62.1 Å². The van der Waals surface area contributed by atoms with E-state index < -0.39 is 0 Å². The van der Waals surface area contributed by atoms with Crippen molar-refractivity contribution in [2.24, 2.45) is 11.8 Å². The van der Waals surface area contributed by atoms with Gasteiger partial charge in [-0.15, -0.1) is 0 Å². The first kappa shape index (κ1) is 13.9. The second-order valence-corrected chi connectivity index (χ2v) is 6.62. The number of rotatable bonds is 5. The molecule has 2 saturated carbocycles. The fourth-order valence-corrected chi connectivity index (χ4v) is 3.72. The fraction of sp³-hybridized carbons (Fsp3) is 0.667. The van der Waals surface area contributed by atoms with Crippen molar-refractivity contribution in [2.45, 2.75) is 57.5 Å². The third kappa shape index (κ3) is 3.35. The fourth-order valence-electron chi connectivity index (χ4n) is 3.72. The number of ether oxygens (including phenoxy) is 1. The Hall–Kier alpha value is -1.02. The molecule has 2 fully saturated rings. The minimum absolute atomic E-state index is 0.434. The van der Waals surface area contributed by atoms with E-state index in [1.807, 2.05) is 0 Å². The zero-order chi connectivity index (χ0) is 13.9. The Morgan fingerprint density at radius 3 is 2.45 bits per heavy atom. The zero-order valence-corrected chi connectivity index (χ0v) is 12.8. The van der Waals surface area contributed by atoms with Gasteiger partial charge in [0.25, 0.3) is 0 Å². The van der Waals surface area contributed by atoms with Gasteiger partial charge in [0.1, 0.15) is 5.75 Å². The number of hydrogen-bond acceptors (Lipinski definition) is 2. The molecule has 2 unspecified atom stereocenters. The molecule has 3 rings (SSSR count). The SMILES string of the molecule is COc1ccc([C@H](C)NC2CCCC(C3CC3)C2)cc1. The molecule has 110 valence electrons. The van der Waals surface area contributed by atoms with Gasteiger partial charge < -0.3 is 10.1 Å². The van der Waals surface area contributed by atoms with E-state index in [0.29, 0.717) is 12.1 Å². The predicted octanol–water partition coefficient (Wildman–Crippen LogP) is 4.31. The summed E-state index contributed by atoms with van der Waals surface area (Å²) in [5, 5.41) is 3.84. The second-order valence-electron chi connectivity index (χ2n) is 6.62. The molecule has 0 saturated heterocycles. The van der Waals surface area contributed by atoms with Crippen LogP contribution in [0.25, 0.3) is 0 Å². The molecule has 2 heteroatoms. The summed E-state index contributed by atoms with van der Waals surface area (Å²) in [6, 6.07) is 9.62. The van der Waals surface area contributed by atoms with Crippen LogP contribution in [-0.2, 0) is 0 Å². The van der Waals surface area contributed by atoms with Crippen molar-refractivity contribution in [3.8, 4) is 5.75 Å². The van der Waals surface area contributed by atoms with Gasteiger partial charge in [0.05, 0.1) is 7.11 Å². The minimum atomic E-state index is 0.434. The van der Waals surface area contributed by atoms with Crippen LogP contribution in [0.3, 0.4) is 0 Å². The van der Waals surface area contributed by atoms with Crippen molar-refractivity contribution < 1.29 is 4.74 Å². The Kier molecular flexibility index (Phi) is 4.30. The Morgan fingerprint density at radius 1 is 1.05 bits per heavy atom. The van der Waals surface area contributed by atoms with E-state index in [2.05, 4.69) is 36.5 Å². The average Bonchev–Trinajstić information content (AvgIpc) is 3.32. The molecular formula is C18H27NO. The van der Waals surface area contributed by atoms with Crippen LogP contribution in [-0.4, -0.2) is 13.2 Å². The van der Waals surface area contributed by atoms with E-state index in [9.17, 15) is 0 Å². The largest absolute Gasteiger partial charge is 0.497 e. The summed E-state index contributed by atoms with van der Waals surface area (Å²) >= 11 is 0. The second kappa shape index (κ2) is 6.17. The molecule has 2 aliphatic carbocycles.